The second-order valence-electron chi connectivity index (χ2n) is 14.8. The van der Waals surface area contributed by atoms with Gasteiger partial charge in [0.25, 0.3) is 0 Å². The van der Waals surface area contributed by atoms with Crippen molar-refractivity contribution in [3.8, 4) is 66.8 Å². The molecule has 0 saturated carbocycles. The van der Waals surface area contributed by atoms with Gasteiger partial charge >= 0.3 is 0 Å². The molecular formula is C54H36. The van der Waals surface area contributed by atoms with Gasteiger partial charge in [-0.3, -0.25) is 0 Å². The molecule has 2 aliphatic rings. The summed E-state index contributed by atoms with van der Waals surface area (Å²) in [7, 11) is 0. The lowest BCUT2D eigenvalue weighted by molar-refractivity contribution is 1.02. The Bertz CT molecular complexity index is 2840. The second kappa shape index (κ2) is 12.4. The van der Waals surface area contributed by atoms with E-state index in [0.29, 0.717) is 0 Å². The molecule has 0 fully saturated rings. The van der Waals surface area contributed by atoms with Crippen molar-refractivity contribution in [3.63, 3.8) is 0 Å². The zero-order valence-corrected chi connectivity index (χ0v) is 29.8. The first-order chi connectivity index (χ1) is 26.7. The Hall–Kier alpha value is -6.76. The maximum Gasteiger partial charge on any atom is 0.0352 e. The Balaban J connectivity index is 1.06. The summed E-state index contributed by atoms with van der Waals surface area (Å²) in [6.45, 7) is 0. The number of benzene rings is 9. The average molecular weight is 685 g/mol. The van der Waals surface area contributed by atoms with Crippen molar-refractivity contribution < 1.29 is 0 Å². The fourth-order valence-electron chi connectivity index (χ4n) is 9.15. The minimum atomic E-state index is 0.131. The van der Waals surface area contributed by atoms with Gasteiger partial charge < -0.3 is 0 Å². The Morgan fingerprint density at radius 2 is 0.889 bits per heavy atom. The summed E-state index contributed by atoms with van der Waals surface area (Å²) in [4.78, 5) is 0. The van der Waals surface area contributed by atoms with E-state index in [0.717, 1.165) is 6.42 Å². The number of rotatable bonds is 5. The largest absolute Gasteiger partial charge is 0.0622 e. The first-order valence-electron chi connectivity index (χ1n) is 19.0. The van der Waals surface area contributed by atoms with Crippen LogP contribution in [-0.4, -0.2) is 0 Å². The van der Waals surface area contributed by atoms with Gasteiger partial charge in [-0.2, -0.15) is 0 Å². The van der Waals surface area contributed by atoms with Gasteiger partial charge in [-0.1, -0.05) is 170 Å². The van der Waals surface area contributed by atoms with Crippen molar-refractivity contribution in [1.82, 2.24) is 0 Å². The molecule has 0 heterocycles. The predicted octanol–water partition coefficient (Wildman–Crippen LogP) is 14.2. The molecule has 0 aliphatic heterocycles. The molecule has 0 aromatic heterocycles. The first-order valence-corrected chi connectivity index (χ1v) is 19.0. The van der Waals surface area contributed by atoms with Crippen LogP contribution >= 0.6 is 0 Å². The summed E-state index contributed by atoms with van der Waals surface area (Å²) >= 11 is 0. The van der Waals surface area contributed by atoms with Gasteiger partial charge in [-0.15, -0.1) is 0 Å². The minimum absolute atomic E-state index is 0.131. The van der Waals surface area contributed by atoms with Crippen molar-refractivity contribution >= 4 is 10.8 Å². The highest BCUT2D eigenvalue weighted by Gasteiger charge is 2.32. The van der Waals surface area contributed by atoms with Crippen LogP contribution in [0.15, 0.2) is 200 Å². The third kappa shape index (κ3) is 5.06. The van der Waals surface area contributed by atoms with E-state index in [9.17, 15) is 0 Å². The zero-order valence-electron chi connectivity index (χ0n) is 29.8. The standard InChI is InChI=1S/C54H36/c1-3-12-35(13-4-1)44-30-45(36-14-5-2-6-15-36)32-46(31-44)38-18-11-19-43(28-38)53-49-26-25-40(34-52(49)54-48-21-10-7-16-37(48)24-27-50(53)54)39-22-23-42-29-41-17-8-9-20-47(41)51(42)33-39/h1-28,30-34,53H,29H2. The lowest BCUT2D eigenvalue weighted by Gasteiger charge is -2.17. The predicted molar refractivity (Wildman–Crippen MR) is 227 cm³/mol. The van der Waals surface area contributed by atoms with Gasteiger partial charge in [0.05, 0.1) is 0 Å². The smallest absolute Gasteiger partial charge is 0.0352 e. The zero-order chi connectivity index (χ0) is 35.6. The lowest BCUT2D eigenvalue weighted by Crippen LogP contribution is -2.00. The molecule has 252 valence electrons. The molecule has 11 rings (SSSR count). The van der Waals surface area contributed by atoms with Crippen LogP contribution in [0.5, 0.6) is 0 Å². The van der Waals surface area contributed by atoms with E-state index in [1.807, 2.05) is 0 Å². The molecule has 0 saturated heterocycles. The quantitative estimate of drug-likeness (QED) is 0.169. The molecule has 0 nitrogen and oxygen atoms in total. The van der Waals surface area contributed by atoms with E-state index < -0.39 is 0 Å². The molecule has 0 spiro atoms. The van der Waals surface area contributed by atoms with Crippen LogP contribution in [0.2, 0.25) is 0 Å². The Morgan fingerprint density at radius 1 is 0.315 bits per heavy atom. The summed E-state index contributed by atoms with van der Waals surface area (Å²) in [5.74, 6) is 0.131. The Morgan fingerprint density at radius 3 is 1.67 bits per heavy atom. The fourth-order valence-corrected chi connectivity index (χ4v) is 9.15. The topological polar surface area (TPSA) is 0 Å². The Labute approximate surface area is 316 Å². The number of hydrogen-bond acceptors (Lipinski definition) is 0. The molecular weight excluding hydrogens is 649 g/mol. The lowest BCUT2D eigenvalue weighted by atomic mass is 9.86. The number of fused-ring (bicyclic) bond motifs is 8. The Kier molecular flexibility index (Phi) is 7.10. The van der Waals surface area contributed by atoms with Gasteiger partial charge in [0.2, 0.25) is 0 Å². The van der Waals surface area contributed by atoms with E-state index in [1.54, 1.807) is 0 Å². The first kappa shape index (κ1) is 30.8. The highest BCUT2D eigenvalue weighted by atomic mass is 14.3. The van der Waals surface area contributed by atoms with E-state index in [4.69, 9.17) is 0 Å². The maximum absolute atomic E-state index is 2.46. The van der Waals surface area contributed by atoms with Crippen LogP contribution in [0.25, 0.3) is 77.5 Å². The molecule has 0 amide bonds. The van der Waals surface area contributed by atoms with Gasteiger partial charge in [-0.25, -0.2) is 0 Å². The van der Waals surface area contributed by atoms with Crippen LogP contribution in [0.3, 0.4) is 0 Å². The summed E-state index contributed by atoms with van der Waals surface area (Å²) in [5.41, 5.74) is 22.2. The maximum atomic E-state index is 2.46. The van der Waals surface area contributed by atoms with Crippen LogP contribution in [0.4, 0.5) is 0 Å². The third-order valence-electron chi connectivity index (χ3n) is 11.7. The molecule has 0 bridgehead atoms. The molecule has 9 aromatic carbocycles. The summed E-state index contributed by atoms with van der Waals surface area (Å²) in [6, 6.07) is 74.5. The van der Waals surface area contributed by atoms with Crippen LogP contribution in [-0.2, 0) is 6.42 Å². The molecule has 0 radical (unpaired) electrons. The molecule has 54 heavy (non-hydrogen) atoms. The van der Waals surface area contributed by atoms with Gasteiger partial charge in [-0.05, 0) is 142 Å². The molecule has 0 heteroatoms. The van der Waals surface area contributed by atoms with Crippen molar-refractivity contribution in [2.45, 2.75) is 12.3 Å². The average Bonchev–Trinajstić information content (AvgIpc) is 3.79. The van der Waals surface area contributed by atoms with Crippen molar-refractivity contribution in [2.24, 2.45) is 0 Å². The summed E-state index contributed by atoms with van der Waals surface area (Å²) in [5, 5.41) is 2.60. The third-order valence-corrected chi connectivity index (χ3v) is 11.7. The number of hydrogen-bond donors (Lipinski definition) is 0. The fraction of sp³-hybridized carbons (Fsp3) is 0.0370. The van der Waals surface area contributed by atoms with E-state index in [-0.39, 0.29) is 5.92 Å². The monoisotopic (exact) mass is 684 g/mol. The van der Waals surface area contributed by atoms with E-state index in [1.165, 1.54) is 105 Å². The van der Waals surface area contributed by atoms with Crippen LogP contribution in [0, 0.1) is 0 Å². The molecule has 1 atom stereocenters. The highest BCUT2D eigenvalue weighted by molar-refractivity contribution is 6.03. The van der Waals surface area contributed by atoms with Crippen molar-refractivity contribution in [2.75, 3.05) is 0 Å². The summed E-state index contributed by atoms with van der Waals surface area (Å²) < 4.78 is 0. The molecule has 9 aromatic rings. The molecule has 2 aliphatic carbocycles. The van der Waals surface area contributed by atoms with Crippen LogP contribution < -0.4 is 0 Å². The van der Waals surface area contributed by atoms with E-state index in [2.05, 4.69) is 200 Å². The second-order valence-corrected chi connectivity index (χ2v) is 14.8. The normalized spacial score (nSPS) is 13.7. The van der Waals surface area contributed by atoms with Gasteiger partial charge in [0, 0.05) is 5.92 Å². The molecule has 1 unspecified atom stereocenters. The van der Waals surface area contributed by atoms with Gasteiger partial charge in [0.1, 0.15) is 0 Å². The van der Waals surface area contributed by atoms with Crippen LogP contribution in [0.1, 0.15) is 33.7 Å². The minimum Gasteiger partial charge on any atom is -0.0622 e. The SMILES string of the molecule is c1ccc(-c2cc(-c3ccccc3)cc(-c3cccc(C4c5ccc(-c6ccc7c(c6)-c6ccccc6C7)cc5-c5c4ccc4ccccc54)c3)c2)cc1. The van der Waals surface area contributed by atoms with Crippen molar-refractivity contribution in [3.05, 3.63) is 228 Å². The van der Waals surface area contributed by atoms with Crippen molar-refractivity contribution in [1.29, 1.82) is 0 Å². The summed E-state index contributed by atoms with van der Waals surface area (Å²) in [6.07, 6.45) is 1.01. The van der Waals surface area contributed by atoms with E-state index >= 15 is 0 Å². The van der Waals surface area contributed by atoms with Gasteiger partial charge in [0.15, 0.2) is 0 Å². The molecule has 0 N–H and O–H groups in total. The highest BCUT2D eigenvalue weighted by Crippen LogP contribution is 2.52.